The van der Waals surface area contributed by atoms with Gasteiger partial charge in [-0.25, -0.2) is 0 Å². The van der Waals surface area contributed by atoms with Crippen LogP contribution in [0, 0.1) is 0 Å². The molecule has 30 heavy (non-hydrogen) atoms. The number of benzene rings is 2. The van der Waals surface area contributed by atoms with Crippen LogP contribution < -0.4 is 20.7 Å². The zero-order valence-corrected chi connectivity index (χ0v) is 17.4. The van der Waals surface area contributed by atoms with Crippen LogP contribution in [0.15, 0.2) is 59.0 Å². The highest BCUT2D eigenvalue weighted by molar-refractivity contribution is 6.33. The first kappa shape index (κ1) is 21.4. The van der Waals surface area contributed by atoms with E-state index in [1.807, 2.05) is 12.1 Å². The molecule has 0 aliphatic heterocycles. The van der Waals surface area contributed by atoms with Crippen LogP contribution >= 0.6 is 11.6 Å². The topological polar surface area (TPSA) is 92.6 Å². The number of carbonyl (C=O) groups excluding carboxylic acids is 2. The Morgan fingerprint density at radius 1 is 1.10 bits per heavy atom. The number of hydrogen-bond acceptors (Lipinski definition) is 5. The molecule has 0 radical (unpaired) electrons. The number of methoxy groups -OCH3 is 1. The molecule has 0 saturated carbocycles. The van der Waals surface area contributed by atoms with E-state index in [1.165, 1.54) is 0 Å². The van der Waals surface area contributed by atoms with Crippen molar-refractivity contribution in [3.63, 3.8) is 0 Å². The summed E-state index contributed by atoms with van der Waals surface area (Å²) in [7, 11) is 3.13. The van der Waals surface area contributed by atoms with Crippen molar-refractivity contribution in [2.45, 2.75) is 6.54 Å². The fraction of sp³-hybridized carbons (Fsp3) is 0.182. The summed E-state index contributed by atoms with van der Waals surface area (Å²) in [6.07, 6.45) is 0. The Balaban J connectivity index is 1.57. The summed E-state index contributed by atoms with van der Waals surface area (Å²) in [6, 6.07) is 15.8. The second-order valence-corrected chi connectivity index (χ2v) is 6.80. The van der Waals surface area contributed by atoms with Gasteiger partial charge in [0.05, 0.1) is 36.5 Å². The summed E-state index contributed by atoms with van der Waals surface area (Å²) in [4.78, 5) is 24.1. The van der Waals surface area contributed by atoms with Gasteiger partial charge in [0, 0.05) is 12.6 Å². The molecule has 1 aromatic heterocycles. The van der Waals surface area contributed by atoms with Gasteiger partial charge in [-0.05, 0) is 42.5 Å². The summed E-state index contributed by atoms with van der Waals surface area (Å²) in [6.45, 7) is 0.407. The van der Waals surface area contributed by atoms with Gasteiger partial charge in [0.2, 0.25) is 5.91 Å². The number of anilines is 1. The van der Waals surface area contributed by atoms with Crippen molar-refractivity contribution in [3.05, 3.63) is 70.9 Å². The van der Waals surface area contributed by atoms with Crippen molar-refractivity contribution in [2.75, 3.05) is 26.0 Å². The molecule has 0 aliphatic rings. The van der Waals surface area contributed by atoms with Gasteiger partial charge in [-0.1, -0.05) is 23.7 Å². The molecule has 8 heteroatoms. The van der Waals surface area contributed by atoms with Crippen molar-refractivity contribution in [1.82, 2.24) is 10.6 Å². The largest absolute Gasteiger partial charge is 0.497 e. The lowest BCUT2D eigenvalue weighted by atomic mass is 10.1. The Morgan fingerprint density at radius 3 is 2.67 bits per heavy atom. The summed E-state index contributed by atoms with van der Waals surface area (Å²) in [5.41, 5.74) is 1.58. The minimum atomic E-state index is -0.269. The van der Waals surface area contributed by atoms with Crippen LogP contribution in [0.2, 0.25) is 5.02 Å². The molecular weight excluding hydrogens is 406 g/mol. The van der Waals surface area contributed by atoms with Gasteiger partial charge >= 0.3 is 0 Å². The minimum absolute atomic E-state index is 0.0536. The molecule has 0 fully saturated rings. The summed E-state index contributed by atoms with van der Waals surface area (Å²) < 4.78 is 11.1. The van der Waals surface area contributed by atoms with E-state index >= 15 is 0 Å². The van der Waals surface area contributed by atoms with Crippen LogP contribution in [-0.2, 0) is 11.3 Å². The van der Waals surface area contributed by atoms with Crippen LogP contribution in [-0.4, -0.2) is 32.5 Å². The van der Waals surface area contributed by atoms with Crippen LogP contribution in [0.4, 0.5) is 5.69 Å². The number of furan rings is 1. The molecule has 0 spiro atoms. The molecule has 0 atom stereocenters. The average Bonchev–Trinajstić information content (AvgIpc) is 3.22. The third-order valence-corrected chi connectivity index (χ3v) is 4.69. The van der Waals surface area contributed by atoms with Gasteiger partial charge in [0.1, 0.15) is 17.3 Å². The van der Waals surface area contributed by atoms with E-state index in [9.17, 15) is 9.59 Å². The lowest BCUT2D eigenvalue weighted by molar-refractivity contribution is -0.115. The number of amides is 2. The molecule has 0 bridgehead atoms. The second-order valence-electron chi connectivity index (χ2n) is 6.39. The van der Waals surface area contributed by atoms with Crippen LogP contribution in [0.1, 0.15) is 16.1 Å². The summed E-state index contributed by atoms with van der Waals surface area (Å²) >= 11 is 6.25. The highest BCUT2D eigenvalue weighted by atomic mass is 35.5. The number of ether oxygens (including phenoxy) is 1. The fourth-order valence-electron chi connectivity index (χ4n) is 2.86. The number of rotatable bonds is 8. The molecule has 2 amide bonds. The van der Waals surface area contributed by atoms with Crippen molar-refractivity contribution in [3.8, 4) is 17.1 Å². The molecule has 156 valence electrons. The predicted octanol–water partition coefficient (Wildman–Crippen LogP) is 3.70. The third kappa shape index (κ3) is 5.20. The predicted molar refractivity (Wildman–Crippen MR) is 116 cm³/mol. The van der Waals surface area contributed by atoms with Crippen LogP contribution in [0.3, 0.4) is 0 Å². The van der Waals surface area contributed by atoms with E-state index in [4.69, 9.17) is 20.8 Å². The molecule has 0 saturated heterocycles. The highest BCUT2D eigenvalue weighted by Gasteiger charge is 2.13. The lowest BCUT2D eigenvalue weighted by Crippen LogP contribution is -2.29. The number of carbonyl (C=O) groups is 2. The highest BCUT2D eigenvalue weighted by Crippen LogP contribution is 2.32. The fourth-order valence-corrected chi connectivity index (χ4v) is 3.07. The van der Waals surface area contributed by atoms with E-state index in [-0.39, 0.29) is 18.4 Å². The average molecular weight is 428 g/mol. The molecule has 3 aromatic rings. The lowest BCUT2D eigenvalue weighted by Gasteiger charge is -2.10. The number of nitrogens with one attached hydrogen (secondary N) is 3. The number of para-hydroxylation sites is 1. The first-order chi connectivity index (χ1) is 14.5. The molecule has 0 unspecified atom stereocenters. The van der Waals surface area contributed by atoms with E-state index in [0.717, 1.165) is 5.56 Å². The Bertz CT molecular complexity index is 1050. The molecular formula is C22H22ClN3O4. The van der Waals surface area contributed by atoms with Gasteiger partial charge in [-0.2, -0.15) is 0 Å². The minimum Gasteiger partial charge on any atom is -0.497 e. The van der Waals surface area contributed by atoms with Crippen molar-refractivity contribution >= 4 is 29.1 Å². The zero-order valence-electron chi connectivity index (χ0n) is 16.6. The number of hydrogen-bond donors (Lipinski definition) is 3. The van der Waals surface area contributed by atoms with E-state index < -0.39 is 0 Å². The molecule has 3 rings (SSSR count). The maximum Gasteiger partial charge on any atom is 0.253 e. The Morgan fingerprint density at radius 2 is 1.90 bits per heavy atom. The van der Waals surface area contributed by atoms with Crippen molar-refractivity contribution in [1.29, 1.82) is 0 Å². The zero-order chi connectivity index (χ0) is 21.5. The maximum absolute atomic E-state index is 12.2. The monoisotopic (exact) mass is 427 g/mol. The van der Waals surface area contributed by atoms with Gasteiger partial charge in [0.25, 0.3) is 5.91 Å². The SMILES string of the molecule is CNC(=O)c1ccccc1NC(=O)CNCc1ccc(-c2cc(OC)ccc2Cl)o1. The Kier molecular flexibility index (Phi) is 7.11. The first-order valence-corrected chi connectivity index (χ1v) is 9.64. The Hall–Kier alpha value is -3.29. The first-order valence-electron chi connectivity index (χ1n) is 9.26. The quantitative estimate of drug-likeness (QED) is 0.509. The van der Waals surface area contributed by atoms with Gasteiger partial charge in [0.15, 0.2) is 0 Å². The molecule has 0 aliphatic carbocycles. The van der Waals surface area contributed by atoms with Gasteiger partial charge in [-0.3, -0.25) is 9.59 Å². The molecule has 2 aromatic carbocycles. The van der Waals surface area contributed by atoms with Crippen LogP contribution in [0.5, 0.6) is 5.75 Å². The smallest absolute Gasteiger partial charge is 0.253 e. The Labute approximate surface area is 179 Å². The second kappa shape index (κ2) is 9.96. The third-order valence-electron chi connectivity index (χ3n) is 4.36. The standard InChI is InChI=1S/C22H22ClN3O4/c1-24-22(28)16-5-3-4-6-19(16)26-21(27)13-25-12-15-8-10-20(30-15)17-11-14(29-2)7-9-18(17)23/h3-11,25H,12-13H2,1-2H3,(H,24,28)(H,26,27). The van der Waals surface area contributed by atoms with Crippen LogP contribution in [0.25, 0.3) is 11.3 Å². The van der Waals surface area contributed by atoms with Crippen molar-refractivity contribution < 1.29 is 18.7 Å². The number of halogens is 1. The summed E-state index contributed by atoms with van der Waals surface area (Å²) in [5.74, 6) is 1.41. The van der Waals surface area contributed by atoms with Crippen molar-refractivity contribution in [2.24, 2.45) is 0 Å². The van der Waals surface area contributed by atoms with E-state index in [0.29, 0.717) is 40.1 Å². The maximum atomic E-state index is 12.2. The van der Waals surface area contributed by atoms with E-state index in [2.05, 4.69) is 16.0 Å². The molecule has 7 nitrogen and oxygen atoms in total. The molecule has 1 heterocycles. The summed E-state index contributed by atoms with van der Waals surface area (Å²) in [5, 5.41) is 8.87. The van der Waals surface area contributed by atoms with E-state index in [1.54, 1.807) is 56.6 Å². The van der Waals surface area contributed by atoms with Gasteiger partial charge < -0.3 is 25.1 Å². The molecule has 3 N–H and O–H groups in total. The normalized spacial score (nSPS) is 10.5. The van der Waals surface area contributed by atoms with Gasteiger partial charge in [-0.15, -0.1) is 0 Å².